The van der Waals surface area contributed by atoms with Crippen LogP contribution in [0.15, 0.2) is 58.4 Å². The van der Waals surface area contributed by atoms with Gasteiger partial charge in [-0.1, -0.05) is 30.3 Å². The summed E-state index contributed by atoms with van der Waals surface area (Å²) in [5, 5.41) is 11.1. The van der Waals surface area contributed by atoms with Gasteiger partial charge in [-0.3, -0.25) is 9.59 Å². The van der Waals surface area contributed by atoms with Crippen molar-refractivity contribution < 1.29 is 4.79 Å². The van der Waals surface area contributed by atoms with Crippen LogP contribution in [0.1, 0.15) is 23.2 Å². The van der Waals surface area contributed by atoms with E-state index in [0.717, 1.165) is 11.0 Å². The first-order chi connectivity index (χ1) is 12.6. The molecule has 0 saturated heterocycles. The van der Waals surface area contributed by atoms with Crippen LogP contribution in [0.4, 0.5) is 0 Å². The van der Waals surface area contributed by atoms with Gasteiger partial charge in [0.05, 0.1) is 16.4 Å². The lowest BCUT2D eigenvalue weighted by atomic mass is 10.1. The topological polar surface area (TPSA) is 116 Å². The molecule has 4 aromatic rings. The molecule has 4 rings (SSSR count). The summed E-state index contributed by atoms with van der Waals surface area (Å²) in [6.45, 7) is 1.73. The Morgan fingerprint density at radius 1 is 1.08 bits per heavy atom. The molecule has 0 aliphatic carbocycles. The molecule has 0 atom stereocenters. The molecular formula is C18H14N6O2. The summed E-state index contributed by atoms with van der Waals surface area (Å²) in [4.78, 5) is 31.8. The van der Waals surface area contributed by atoms with E-state index < -0.39 is 5.91 Å². The number of carbonyl (C=O) groups is 1. The van der Waals surface area contributed by atoms with Crippen LogP contribution in [0.2, 0.25) is 0 Å². The lowest BCUT2D eigenvalue weighted by Crippen LogP contribution is -2.23. The summed E-state index contributed by atoms with van der Waals surface area (Å²) in [5.74, 6) is 0.0405. The zero-order valence-corrected chi connectivity index (χ0v) is 13.8. The van der Waals surface area contributed by atoms with Crippen LogP contribution in [0, 0.1) is 0 Å². The van der Waals surface area contributed by atoms with Gasteiger partial charge in [-0.25, -0.2) is 15.5 Å². The molecule has 2 heterocycles. The molecule has 8 heteroatoms. The normalized spacial score (nSPS) is 11.8. The molecule has 1 amide bonds. The molecule has 128 valence electrons. The van der Waals surface area contributed by atoms with Crippen molar-refractivity contribution in [3.05, 3.63) is 70.4 Å². The van der Waals surface area contributed by atoms with E-state index in [1.54, 1.807) is 31.2 Å². The van der Waals surface area contributed by atoms with Gasteiger partial charge in [0, 0.05) is 5.39 Å². The molecule has 0 saturated carbocycles. The number of carbonyl (C=O) groups excluding carboxylic acids is 1. The van der Waals surface area contributed by atoms with Crippen molar-refractivity contribution in [2.24, 2.45) is 5.10 Å². The van der Waals surface area contributed by atoms with Gasteiger partial charge in [0.15, 0.2) is 11.5 Å². The fourth-order valence-corrected chi connectivity index (χ4v) is 2.65. The Kier molecular flexibility index (Phi) is 3.77. The number of H-pyrrole nitrogens is 2. The number of aromatic amines is 2. The fourth-order valence-electron chi connectivity index (χ4n) is 2.65. The standard InChI is InChI=1S/C18H14N6O2/c1-10(16-19-13-8-4-5-9-14(13)20-16)21-24-18(26)15-11-6-2-3-7-12(11)17(25)23-22-15/h2-9H,1H3,(H,19,20)(H,23,25)(H,24,26)/b21-10+. The zero-order chi connectivity index (χ0) is 18.1. The van der Waals surface area contributed by atoms with Crippen LogP contribution < -0.4 is 11.0 Å². The Balaban J connectivity index is 1.63. The summed E-state index contributed by atoms with van der Waals surface area (Å²) in [5.41, 5.74) is 4.43. The maximum atomic E-state index is 12.4. The Bertz CT molecular complexity index is 1190. The molecule has 2 aromatic carbocycles. The molecule has 0 bridgehead atoms. The number of hydrogen-bond donors (Lipinski definition) is 3. The second-order valence-corrected chi connectivity index (χ2v) is 5.69. The molecule has 0 fully saturated rings. The first kappa shape index (κ1) is 15.7. The van der Waals surface area contributed by atoms with Crippen LogP contribution in [0.5, 0.6) is 0 Å². The lowest BCUT2D eigenvalue weighted by molar-refractivity contribution is 0.0950. The maximum absolute atomic E-state index is 12.4. The average Bonchev–Trinajstić information content (AvgIpc) is 3.11. The van der Waals surface area contributed by atoms with Crippen LogP contribution in [-0.4, -0.2) is 31.8 Å². The van der Waals surface area contributed by atoms with Gasteiger partial charge in [0.2, 0.25) is 0 Å². The molecule has 0 spiro atoms. The molecule has 0 unspecified atom stereocenters. The van der Waals surface area contributed by atoms with E-state index in [4.69, 9.17) is 0 Å². The molecule has 0 radical (unpaired) electrons. The van der Waals surface area contributed by atoms with Crippen molar-refractivity contribution in [2.45, 2.75) is 6.92 Å². The zero-order valence-electron chi connectivity index (χ0n) is 13.8. The quantitative estimate of drug-likeness (QED) is 0.388. The van der Waals surface area contributed by atoms with Crippen LogP contribution in [0.25, 0.3) is 21.8 Å². The number of hydrogen-bond acceptors (Lipinski definition) is 5. The van der Waals surface area contributed by atoms with Crippen molar-refractivity contribution >= 4 is 33.4 Å². The van der Waals surface area contributed by atoms with Crippen LogP contribution in [-0.2, 0) is 0 Å². The van der Waals surface area contributed by atoms with E-state index in [2.05, 4.69) is 30.7 Å². The highest BCUT2D eigenvalue weighted by atomic mass is 16.2. The Morgan fingerprint density at radius 3 is 2.62 bits per heavy atom. The molecule has 0 aliphatic heterocycles. The van der Waals surface area contributed by atoms with Crippen LogP contribution in [0.3, 0.4) is 0 Å². The van der Waals surface area contributed by atoms with Gasteiger partial charge in [-0.15, -0.1) is 0 Å². The monoisotopic (exact) mass is 346 g/mol. The third-order valence-corrected chi connectivity index (χ3v) is 3.97. The molecule has 8 nitrogen and oxygen atoms in total. The number of aromatic nitrogens is 4. The van der Waals surface area contributed by atoms with Gasteiger partial charge in [0.25, 0.3) is 11.5 Å². The number of rotatable bonds is 3. The highest BCUT2D eigenvalue weighted by Crippen LogP contribution is 2.13. The van der Waals surface area contributed by atoms with E-state index in [1.165, 1.54) is 0 Å². The third kappa shape index (κ3) is 2.73. The Labute approximate surface area is 147 Å². The van der Waals surface area contributed by atoms with Gasteiger partial charge in [-0.05, 0) is 25.1 Å². The fraction of sp³-hybridized carbons (Fsp3) is 0.0556. The highest BCUT2D eigenvalue weighted by Gasteiger charge is 2.14. The van der Waals surface area contributed by atoms with Crippen molar-refractivity contribution in [3.8, 4) is 0 Å². The van der Waals surface area contributed by atoms with Crippen molar-refractivity contribution in [3.63, 3.8) is 0 Å². The highest BCUT2D eigenvalue weighted by molar-refractivity contribution is 6.05. The van der Waals surface area contributed by atoms with Gasteiger partial charge < -0.3 is 4.98 Å². The minimum Gasteiger partial charge on any atom is -0.337 e. The minimum atomic E-state index is -0.520. The number of hydrazone groups is 1. The first-order valence-corrected chi connectivity index (χ1v) is 7.90. The number of nitrogens with one attached hydrogen (secondary N) is 3. The molecule has 3 N–H and O–H groups in total. The van der Waals surface area contributed by atoms with E-state index in [0.29, 0.717) is 22.3 Å². The number of nitrogens with zero attached hydrogens (tertiary/aromatic N) is 3. The maximum Gasteiger partial charge on any atom is 0.292 e. The van der Waals surface area contributed by atoms with E-state index in [9.17, 15) is 9.59 Å². The summed E-state index contributed by atoms with van der Waals surface area (Å²) in [7, 11) is 0. The number of para-hydroxylation sites is 2. The summed E-state index contributed by atoms with van der Waals surface area (Å²) in [6, 6.07) is 14.4. The third-order valence-electron chi connectivity index (χ3n) is 3.97. The summed E-state index contributed by atoms with van der Waals surface area (Å²) in [6.07, 6.45) is 0. The van der Waals surface area contributed by atoms with E-state index in [-0.39, 0.29) is 11.3 Å². The van der Waals surface area contributed by atoms with Crippen molar-refractivity contribution in [1.82, 2.24) is 25.6 Å². The SMILES string of the molecule is C/C(=N\NC(=O)c1n[nH]c(=O)c2ccccc12)c1nc2ccccc2[nH]1. The number of amides is 1. The second-order valence-electron chi connectivity index (χ2n) is 5.69. The minimum absolute atomic E-state index is 0.0985. The summed E-state index contributed by atoms with van der Waals surface area (Å²) < 4.78 is 0. The smallest absolute Gasteiger partial charge is 0.292 e. The molecular weight excluding hydrogens is 332 g/mol. The van der Waals surface area contributed by atoms with Crippen molar-refractivity contribution in [2.75, 3.05) is 0 Å². The van der Waals surface area contributed by atoms with Crippen molar-refractivity contribution in [1.29, 1.82) is 0 Å². The van der Waals surface area contributed by atoms with Gasteiger partial charge in [0.1, 0.15) is 5.71 Å². The first-order valence-electron chi connectivity index (χ1n) is 7.90. The lowest BCUT2D eigenvalue weighted by Gasteiger charge is -2.03. The largest absolute Gasteiger partial charge is 0.337 e. The predicted molar refractivity (Wildman–Crippen MR) is 98.1 cm³/mol. The number of imidazole rings is 1. The van der Waals surface area contributed by atoms with E-state index >= 15 is 0 Å². The van der Waals surface area contributed by atoms with E-state index in [1.807, 2.05) is 24.3 Å². The predicted octanol–water partition coefficient (Wildman–Crippen LogP) is 1.95. The summed E-state index contributed by atoms with van der Waals surface area (Å²) >= 11 is 0. The second kappa shape index (κ2) is 6.25. The number of fused-ring (bicyclic) bond motifs is 2. The molecule has 0 aliphatic rings. The van der Waals surface area contributed by atoms with Crippen LogP contribution >= 0.6 is 0 Å². The van der Waals surface area contributed by atoms with Gasteiger partial charge >= 0.3 is 0 Å². The molecule has 26 heavy (non-hydrogen) atoms. The average molecular weight is 346 g/mol. The number of benzene rings is 2. The van der Waals surface area contributed by atoms with Gasteiger partial charge in [-0.2, -0.15) is 10.2 Å². The Morgan fingerprint density at radius 2 is 1.81 bits per heavy atom. The molecule has 2 aromatic heterocycles. The Hall–Kier alpha value is -3.81.